The summed E-state index contributed by atoms with van der Waals surface area (Å²) in [7, 11) is -1.70. The van der Waals surface area contributed by atoms with Crippen LogP contribution in [-0.4, -0.2) is 44.3 Å². The van der Waals surface area contributed by atoms with Crippen LogP contribution in [0.2, 0.25) is 18.1 Å². The molecule has 1 aromatic carbocycles. The molecule has 0 radical (unpaired) electrons. The van der Waals surface area contributed by atoms with Crippen LogP contribution in [0, 0.1) is 0 Å². The summed E-state index contributed by atoms with van der Waals surface area (Å²) in [4.78, 5) is 12.6. The lowest BCUT2D eigenvalue weighted by atomic mass is 10.2. The molecule has 0 fully saturated rings. The molecule has 1 aliphatic heterocycles. The van der Waals surface area contributed by atoms with Gasteiger partial charge in [-0.2, -0.15) is 0 Å². The fourth-order valence-electron chi connectivity index (χ4n) is 2.39. The Balaban J connectivity index is 1.71. The topological polar surface area (TPSA) is 70.6 Å². The molecule has 146 valence electrons. The van der Waals surface area contributed by atoms with Crippen LogP contribution in [0.4, 0.5) is 11.4 Å². The van der Waals surface area contributed by atoms with Crippen molar-refractivity contribution >= 4 is 37.4 Å². The minimum Gasteiger partial charge on any atom is -0.417 e. The Bertz CT molecular complexity index is 632. The van der Waals surface area contributed by atoms with E-state index in [2.05, 4.69) is 44.5 Å². The first-order chi connectivity index (χ1) is 12.1. The van der Waals surface area contributed by atoms with Crippen molar-refractivity contribution < 1.29 is 14.3 Å². The molecule has 0 spiro atoms. The maximum absolute atomic E-state index is 11.5. The van der Waals surface area contributed by atoms with Crippen LogP contribution in [0.1, 0.15) is 33.6 Å². The van der Waals surface area contributed by atoms with E-state index < -0.39 is 14.4 Å². The van der Waals surface area contributed by atoms with E-state index in [1.54, 1.807) is 11.8 Å². The fraction of sp³-hybridized carbons (Fsp3) is 0.632. The zero-order valence-electron chi connectivity index (χ0n) is 16.5. The monoisotopic (exact) mass is 396 g/mol. The van der Waals surface area contributed by atoms with Gasteiger partial charge in [0.05, 0.1) is 17.5 Å². The van der Waals surface area contributed by atoms with Crippen LogP contribution in [0.15, 0.2) is 23.1 Å². The maximum Gasteiger partial charge on any atom is 0.234 e. The van der Waals surface area contributed by atoms with Crippen molar-refractivity contribution in [3.05, 3.63) is 18.2 Å². The molecule has 0 bridgehead atoms. The second-order valence-corrected chi connectivity index (χ2v) is 14.2. The van der Waals surface area contributed by atoms with Crippen molar-refractivity contribution in [2.45, 2.75) is 62.7 Å². The fourth-order valence-corrected chi connectivity index (χ4v) is 4.27. The largest absolute Gasteiger partial charge is 0.417 e. The summed E-state index contributed by atoms with van der Waals surface area (Å²) >= 11 is 1.55. The highest BCUT2D eigenvalue weighted by atomic mass is 32.2. The second-order valence-electron chi connectivity index (χ2n) is 8.33. The van der Waals surface area contributed by atoms with Gasteiger partial charge in [-0.25, -0.2) is 0 Å². The lowest BCUT2D eigenvalue weighted by Crippen LogP contribution is -2.41. The molecule has 1 aromatic rings. The van der Waals surface area contributed by atoms with Crippen LogP contribution in [0.5, 0.6) is 0 Å². The zero-order chi connectivity index (χ0) is 19.4. The predicted molar refractivity (Wildman–Crippen MR) is 113 cm³/mol. The SMILES string of the molecule is CC(C)(C)[Si](C)(C)OCCCC(O)CNc1ccc2c(c1)NC(=O)CS2. The first-order valence-electron chi connectivity index (χ1n) is 9.21. The van der Waals surface area contributed by atoms with E-state index in [4.69, 9.17) is 4.43 Å². The molecule has 1 heterocycles. The molecule has 7 heteroatoms. The molecule has 1 amide bonds. The molecule has 0 saturated heterocycles. The smallest absolute Gasteiger partial charge is 0.234 e. The van der Waals surface area contributed by atoms with E-state index in [-0.39, 0.29) is 10.9 Å². The predicted octanol–water partition coefficient (Wildman–Crippen LogP) is 4.31. The van der Waals surface area contributed by atoms with Crippen LogP contribution in [-0.2, 0) is 9.22 Å². The average Bonchev–Trinajstić information content (AvgIpc) is 2.55. The first kappa shape index (κ1) is 21.3. The molecular weight excluding hydrogens is 364 g/mol. The summed E-state index contributed by atoms with van der Waals surface area (Å²) in [6.07, 6.45) is 1.14. The van der Waals surface area contributed by atoms with Gasteiger partial charge in [0, 0.05) is 23.7 Å². The third-order valence-corrected chi connectivity index (χ3v) is 10.7. The highest BCUT2D eigenvalue weighted by molar-refractivity contribution is 8.00. The molecule has 2 rings (SSSR count). The van der Waals surface area contributed by atoms with E-state index in [0.29, 0.717) is 25.3 Å². The Morgan fingerprint density at radius 3 is 2.81 bits per heavy atom. The van der Waals surface area contributed by atoms with Crippen molar-refractivity contribution in [1.29, 1.82) is 0 Å². The number of thioether (sulfide) groups is 1. The molecule has 0 aromatic heterocycles. The van der Waals surface area contributed by atoms with Crippen LogP contribution in [0.25, 0.3) is 0 Å². The highest BCUT2D eigenvalue weighted by Gasteiger charge is 2.36. The number of rotatable bonds is 8. The Morgan fingerprint density at radius 2 is 2.12 bits per heavy atom. The lowest BCUT2D eigenvalue weighted by molar-refractivity contribution is -0.113. The molecule has 1 aliphatic rings. The van der Waals surface area contributed by atoms with Crippen molar-refractivity contribution in [2.75, 3.05) is 29.5 Å². The average molecular weight is 397 g/mol. The Kier molecular flexibility index (Phi) is 7.18. The first-order valence-corrected chi connectivity index (χ1v) is 13.1. The molecule has 1 unspecified atom stereocenters. The molecule has 3 N–H and O–H groups in total. The third-order valence-electron chi connectivity index (χ3n) is 5.11. The van der Waals surface area contributed by atoms with E-state index in [1.807, 2.05) is 18.2 Å². The molecule has 5 nitrogen and oxygen atoms in total. The number of hydrogen-bond donors (Lipinski definition) is 3. The standard InChI is InChI=1S/C19H32N2O3SSi/c1-19(2,3)26(4,5)24-10-6-7-15(22)12-20-14-8-9-17-16(11-14)21-18(23)13-25-17/h8-9,11,15,20,22H,6-7,10,12-13H2,1-5H3,(H,21,23). The van der Waals surface area contributed by atoms with Crippen molar-refractivity contribution in [2.24, 2.45) is 0 Å². The summed E-state index contributed by atoms with van der Waals surface area (Å²) in [5, 5.41) is 16.5. The van der Waals surface area contributed by atoms with Crippen LogP contribution >= 0.6 is 11.8 Å². The van der Waals surface area contributed by atoms with Gasteiger partial charge in [0.2, 0.25) is 5.91 Å². The van der Waals surface area contributed by atoms with Crippen molar-refractivity contribution in [1.82, 2.24) is 0 Å². The number of amides is 1. The Labute approximate surface area is 162 Å². The quantitative estimate of drug-likeness (QED) is 0.451. The molecule has 0 aliphatic carbocycles. The third kappa shape index (κ3) is 6.01. The van der Waals surface area contributed by atoms with Gasteiger partial charge in [-0.3, -0.25) is 4.79 Å². The highest BCUT2D eigenvalue weighted by Crippen LogP contribution is 2.36. The number of aliphatic hydroxyl groups is 1. The number of benzene rings is 1. The molecule has 26 heavy (non-hydrogen) atoms. The maximum atomic E-state index is 11.5. The summed E-state index contributed by atoms with van der Waals surface area (Å²) in [6.45, 7) is 12.4. The Morgan fingerprint density at radius 1 is 1.38 bits per heavy atom. The van der Waals surface area contributed by atoms with E-state index in [0.717, 1.165) is 22.7 Å². The van der Waals surface area contributed by atoms with Gasteiger partial charge < -0.3 is 20.2 Å². The van der Waals surface area contributed by atoms with E-state index in [1.165, 1.54) is 0 Å². The van der Waals surface area contributed by atoms with Gasteiger partial charge in [0.15, 0.2) is 8.32 Å². The van der Waals surface area contributed by atoms with Crippen LogP contribution in [0.3, 0.4) is 0 Å². The number of aliphatic hydroxyl groups excluding tert-OH is 1. The zero-order valence-corrected chi connectivity index (χ0v) is 18.3. The van der Waals surface area contributed by atoms with Crippen molar-refractivity contribution in [3.8, 4) is 0 Å². The molecular formula is C19H32N2O3SSi. The number of carbonyl (C=O) groups is 1. The van der Waals surface area contributed by atoms with Gasteiger partial charge in [0.1, 0.15) is 0 Å². The van der Waals surface area contributed by atoms with E-state index >= 15 is 0 Å². The number of nitrogens with one attached hydrogen (secondary N) is 2. The summed E-state index contributed by atoms with van der Waals surface area (Å²) in [6, 6.07) is 5.91. The molecule has 0 saturated carbocycles. The minimum absolute atomic E-state index is 0.0291. The second kappa shape index (κ2) is 8.78. The van der Waals surface area contributed by atoms with Crippen molar-refractivity contribution in [3.63, 3.8) is 0 Å². The van der Waals surface area contributed by atoms with Gasteiger partial charge in [-0.1, -0.05) is 20.8 Å². The summed E-state index contributed by atoms with van der Waals surface area (Å²) < 4.78 is 6.14. The summed E-state index contributed by atoms with van der Waals surface area (Å²) in [5.74, 6) is 0.497. The number of hydrogen-bond acceptors (Lipinski definition) is 5. The normalized spacial score (nSPS) is 16.0. The van der Waals surface area contributed by atoms with Gasteiger partial charge in [-0.15, -0.1) is 11.8 Å². The number of carbonyl (C=O) groups excluding carboxylic acids is 1. The lowest BCUT2D eigenvalue weighted by Gasteiger charge is -2.36. The van der Waals surface area contributed by atoms with Gasteiger partial charge >= 0.3 is 0 Å². The Hall–Kier alpha value is -1.02. The number of fused-ring (bicyclic) bond motifs is 1. The van der Waals surface area contributed by atoms with Gasteiger partial charge in [-0.05, 0) is 49.2 Å². The summed E-state index contributed by atoms with van der Waals surface area (Å²) in [5.41, 5.74) is 1.75. The molecule has 1 atom stereocenters. The number of anilines is 2. The van der Waals surface area contributed by atoms with Gasteiger partial charge in [0.25, 0.3) is 0 Å². The van der Waals surface area contributed by atoms with E-state index in [9.17, 15) is 9.90 Å². The minimum atomic E-state index is -1.70. The van der Waals surface area contributed by atoms with Crippen LogP contribution < -0.4 is 10.6 Å².